The summed E-state index contributed by atoms with van der Waals surface area (Å²) in [5.41, 5.74) is 0.743. The number of rotatable bonds is 2. The van der Waals surface area contributed by atoms with Gasteiger partial charge < -0.3 is 5.32 Å². The lowest BCUT2D eigenvalue weighted by Crippen LogP contribution is -2.27. The molecule has 0 aromatic heterocycles. The molecule has 1 N–H and O–H groups in total. The summed E-state index contributed by atoms with van der Waals surface area (Å²) in [6.07, 6.45) is 3.47. The fourth-order valence-electron chi connectivity index (χ4n) is 2.21. The van der Waals surface area contributed by atoms with E-state index in [9.17, 15) is 8.60 Å². The van der Waals surface area contributed by atoms with Gasteiger partial charge in [0.1, 0.15) is 5.82 Å². The second kappa shape index (κ2) is 5.59. The zero-order chi connectivity index (χ0) is 12.4. The van der Waals surface area contributed by atoms with Crippen LogP contribution in [0.3, 0.4) is 0 Å². The Labute approximate surface area is 112 Å². The predicted octanol–water partition coefficient (Wildman–Crippen LogP) is 2.79. The zero-order valence-corrected chi connectivity index (χ0v) is 12.0. The zero-order valence-electron chi connectivity index (χ0n) is 9.63. The van der Waals surface area contributed by atoms with E-state index in [1.54, 1.807) is 12.3 Å². The van der Waals surface area contributed by atoms with Crippen molar-refractivity contribution in [2.45, 2.75) is 23.7 Å². The molecule has 0 spiro atoms. The average Bonchev–Trinajstić information content (AvgIpc) is 2.32. The Morgan fingerprint density at radius 3 is 2.65 bits per heavy atom. The van der Waals surface area contributed by atoms with E-state index in [0.29, 0.717) is 4.90 Å². The van der Waals surface area contributed by atoms with Gasteiger partial charge in [-0.05, 0) is 65.5 Å². The van der Waals surface area contributed by atoms with Crippen molar-refractivity contribution in [3.63, 3.8) is 0 Å². The molecule has 1 atom stereocenters. The lowest BCUT2D eigenvalue weighted by molar-refractivity contribution is 0.444. The molecule has 5 heteroatoms. The van der Waals surface area contributed by atoms with Crippen LogP contribution in [0.1, 0.15) is 24.3 Å². The van der Waals surface area contributed by atoms with E-state index in [0.717, 1.165) is 36.0 Å². The number of benzene rings is 1. The van der Waals surface area contributed by atoms with Crippen LogP contribution in [0.2, 0.25) is 0 Å². The fraction of sp³-hybridized carbons (Fsp3) is 0.500. The highest BCUT2D eigenvalue weighted by Crippen LogP contribution is 2.32. The average molecular weight is 320 g/mol. The van der Waals surface area contributed by atoms with Crippen molar-refractivity contribution in [2.75, 3.05) is 19.3 Å². The number of hydrogen-bond donors (Lipinski definition) is 1. The molecule has 1 unspecified atom stereocenters. The predicted molar refractivity (Wildman–Crippen MR) is 71.3 cm³/mol. The van der Waals surface area contributed by atoms with Gasteiger partial charge in [0.25, 0.3) is 0 Å². The van der Waals surface area contributed by atoms with Crippen LogP contribution in [-0.2, 0) is 10.8 Å². The molecule has 0 bridgehead atoms. The van der Waals surface area contributed by atoms with Crippen LogP contribution < -0.4 is 5.32 Å². The minimum atomic E-state index is -1.16. The number of halogens is 2. The van der Waals surface area contributed by atoms with Gasteiger partial charge in [0.2, 0.25) is 0 Å². The molecule has 0 amide bonds. The van der Waals surface area contributed by atoms with Crippen LogP contribution in [-0.4, -0.2) is 23.6 Å². The molecule has 1 aromatic rings. The second-order valence-electron chi connectivity index (χ2n) is 4.28. The van der Waals surface area contributed by atoms with Crippen molar-refractivity contribution in [1.82, 2.24) is 5.32 Å². The van der Waals surface area contributed by atoms with Crippen LogP contribution in [0.25, 0.3) is 0 Å². The van der Waals surface area contributed by atoms with Crippen molar-refractivity contribution >= 4 is 26.7 Å². The monoisotopic (exact) mass is 319 g/mol. The molecule has 0 radical (unpaired) electrons. The van der Waals surface area contributed by atoms with Crippen molar-refractivity contribution < 1.29 is 8.60 Å². The maximum absolute atomic E-state index is 14.0. The van der Waals surface area contributed by atoms with E-state index >= 15 is 0 Å². The first-order chi connectivity index (χ1) is 8.09. The van der Waals surface area contributed by atoms with Gasteiger partial charge in [-0.2, -0.15) is 0 Å². The van der Waals surface area contributed by atoms with Crippen LogP contribution in [0, 0.1) is 5.82 Å². The number of piperidine rings is 1. The summed E-state index contributed by atoms with van der Waals surface area (Å²) in [5.74, 6) is 0.0391. The fourth-order valence-corrected chi connectivity index (χ4v) is 3.86. The van der Waals surface area contributed by atoms with Gasteiger partial charge in [-0.1, -0.05) is 0 Å². The van der Waals surface area contributed by atoms with E-state index in [4.69, 9.17) is 0 Å². The smallest absolute Gasteiger partial charge is 0.127 e. The SMILES string of the molecule is CS(=O)c1cc(F)c(C2CCNCC2)cc1Br. The standard InChI is InChI=1S/C12H15BrFNOS/c1-17(16)12-7-11(14)9(6-10(12)13)8-2-4-15-5-3-8/h6-8,15H,2-5H2,1H3. The minimum absolute atomic E-state index is 0.231. The summed E-state index contributed by atoms with van der Waals surface area (Å²) in [7, 11) is -1.16. The Morgan fingerprint density at radius 2 is 2.06 bits per heavy atom. The first-order valence-corrected chi connectivity index (χ1v) is 7.98. The first kappa shape index (κ1) is 13.2. The topological polar surface area (TPSA) is 29.1 Å². The highest BCUT2D eigenvalue weighted by molar-refractivity contribution is 9.10. The summed E-state index contributed by atoms with van der Waals surface area (Å²) in [5, 5.41) is 3.27. The van der Waals surface area contributed by atoms with E-state index in [-0.39, 0.29) is 11.7 Å². The van der Waals surface area contributed by atoms with Crippen LogP contribution in [0.5, 0.6) is 0 Å². The molecule has 0 aliphatic carbocycles. The molecule has 1 aliphatic rings. The normalized spacial score (nSPS) is 19.2. The van der Waals surface area contributed by atoms with Gasteiger partial charge in [-0.15, -0.1) is 0 Å². The molecule has 1 saturated heterocycles. The summed E-state index contributed by atoms with van der Waals surface area (Å²) in [4.78, 5) is 0.528. The molecule has 1 aliphatic heterocycles. The molecule has 94 valence electrons. The van der Waals surface area contributed by atoms with E-state index in [2.05, 4.69) is 21.2 Å². The molecule has 0 saturated carbocycles. The molecule has 1 heterocycles. The van der Waals surface area contributed by atoms with Crippen molar-refractivity contribution in [3.8, 4) is 0 Å². The third-order valence-electron chi connectivity index (χ3n) is 3.14. The lowest BCUT2D eigenvalue weighted by Gasteiger charge is -2.23. The summed E-state index contributed by atoms with van der Waals surface area (Å²) in [6, 6.07) is 3.19. The third-order valence-corrected chi connectivity index (χ3v) is 5.02. The van der Waals surface area contributed by atoms with E-state index in [1.807, 2.05) is 0 Å². The van der Waals surface area contributed by atoms with Gasteiger partial charge in [-0.3, -0.25) is 4.21 Å². The quantitative estimate of drug-likeness (QED) is 0.908. The second-order valence-corrected chi connectivity index (χ2v) is 6.48. The van der Waals surface area contributed by atoms with Gasteiger partial charge in [0.15, 0.2) is 0 Å². The molecule has 2 nitrogen and oxygen atoms in total. The van der Waals surface area contributed by atoms with Crippen molar-refractivity contribution in [2.24, 2.45) is 0 Å². The minimum Gasteiger partial charge on any atom is -0.317 e. The highest BCUT2D eigenvalue weighted by atomic mass is 79.9. The molecule has 1 aromatic carbocycles. The van der Waals surface area contributed by atoms with E-state index < -0.39 is 10.8 Å². The third kappa shape index (κ3) is 2.95. The van der Waals surface area contributed by atoms with Crippen LogP contribution >= 0.6 is 15.9 Å². The molecule has 1 fully saturated rings. The van der Waals surface area contributed by atoms with Gasteiger partial charge in [0, 0.05) is 10.7 Å². The Hall–Kier alpha value is -0.260. The van der Waals surface area contributed by atoms with E-state index in [1.165, 1.54) is 6.07 Å². The molecular formula is C12H15BrFNOS. The maximum atomic E-state index is 14.0. The highest BCUT2D eigenvalue weighted by Gasteiger charge is 2.20. The van der Waals surface area contributed by atoms with Crippen LogP contribution in [0.15, 0.2) is 21.5 Å². The lowest BCUT2D eigenvalue weighted by atomic mass is 9.90. The largest absolute Gasteiger partial charge is 0.317 e. The number of nitrogens with one attached hydrogen (secondary N) is 1. The molecular weight excluding hydrogens is 305 g/mol. The number of hydrogen-bond acceptors (Lipinski definition) is 2. The summed E-state index contributed by atoms with van der Waals surface area (Å²) in [6.45, 7) is 1.87. The molecule has 17 heavy (non-hydrogen) atoms. The first-order valence-electron chi connectivity index (χ1n) is 5.62. The Balaban J connectivity index is 2.35. The van der Waals surface area contributed by atoms with Gasteiger partial charge in [0.05, 0.1) is 15.7 Å². The maximum Gasteiger partial charge on any atom is 0.127 e. The van der Waals surface area contributed by atoms with Gasteiger partial charge >= 0.3 is 0 Å². The Kier molecular flexibility index (Phi) is 4.33. The summed E-state index contributed by atoms with van der Waals surface area (Å²) < 4.78 is 26.2. The molecule has 2 rings (SSSR count). The van der Waals surface area contributed by atoms with Gasteiger partial charge in [-0.25, -0.2) is 4.39 Å². The summed E-state index contributed by atoms with van der Waals surface area (Å²) >= 11 is 3.37. The Bertz CT molecular complexity index is 446. The Morgan fingerprint density at radius 1 is 1.41 bits per heavy atom. The van der Waals surface area contributed by atoms with Crippen molar-refractivity contribution in [3.05, 3.63) is 28.0 Å². The van der Waals surface area contributed by atoms with Crippen LogP contribution in [0.4, 0.5) is 4.39 Å². The van der Waals surface area contributed by atoms with Crippen molar-refractivity contribution in [1.29, 1.82) is 0 Å².